The summed E-state index contributed by atoms with van der Waals surface area (Å²) in [7, 11) is 0. The zero-order valence-corrected chi connectivity index (χ0v) is 10.8. The second-order valence-electron chi connectivity index (χ2n) is 6.12. The maximum absolute atomic E-state index is 3.53. The Morgan fingerprint density at radius 3 is 2.62 bits per heavy atom. The first-order valence-corrected chi connectivity index (χ1v) is 6.36. The highest BCUT2D eigenvalue weighted by atomic mass is 14.9. The number of hydrogen-bond acceptors (Lipinski definition) is 1. The van der Waals surface area contributed by atoms with Gasteiger partial charge in [-0.1, -0.05) is 39.0 Å². The maximum Gasteiger partial charge on any atom is 0.0205 e. The lowest BCUT2D eigenvalue weighted by atomic mass is 9.97. The zero-order chi connectivity index (χ0) is 11.6. The highest BCUT2D eigenvalue weighted by molar-refractivity contribution is 5.35. The lowest BCUT2D eigenvalue weighted by molar-refractivity contribution is 0.379. The Morgan fingerprint density at radius 2 is 1.88 bits per heavy atom. The summed E-state index contributed by atoms with van der Waals surface area (Å²) in [6.45, 7) is 8.88. The first-order valence-electron chi connectivity index (χ1n) is 6.36. The second kappa shape index (κ2) is 4.58. The van der Waals surface area contributed by atoms with E-state index in [4.69, 9.17) is 0 Å². The van der Waals surface area contributed by atoms with Gasteiger partial charge in [-0.25, -0.2) is 0 Å². The van der Waals surface area contributed by atoms with E-state index in [1.165, 1.54) is 24.8 Å². The van der Waals surface area contributed by atoms with Crippen molar-refractivity contribution in [2.24, 2.45) is 5.41 Å². The van der Waals surface area contributed by atoms with Crippen LogP contribution in [0.1, 0.15) is 43.9 Å². The van der Waals surface area contributed by atoms with E-state index in [9.17, 15) is 0 Å². The quantitative estimate of drug-likeness (QED) is 0.819. The molecule has 1 aliphatic rings. The highest BCUT2D eigenvalue weighted by Gasteiger charge is 2.11. The van der Waals surface area contributed by atoms with Gasteiger partial charge in [0.25, 0.3) is 0 Å². The van der Waals surface area contributed by atoms with Crippen LogP contribution in [0.2, 0.25) is 0 Å². The summed E-state index contributed by atoms with van der Waals surface area (Å²) in [5.41, 5.74) is 4.95. The first-order chi connectivity index (χ1) is 7.54. The van der Waals surface area contributed by atoms with Crippen molar-refractivity contribution in [2.45, 2.75) is 46.6 Å². The molecular weight excluding hydrogens is 194 g/mol. The summed E-state index contributed by atoms with van der Waals surface area (Å²) < 4.78 is 0. The van der Waals surface area contributed by atoms with Crippen molar-refractivity contribution in [3.05, 3.63) is 34.9 Å². The average molecular weight is 217 g/mol. The van der Waals surface area contributed by atoms with E-state index in [2.05, 4.69) is 44.3 Å². The molecule has 0 aliphatic heterocycles. The van der Waals surface area contributed by atoms with Gasteiger partial charge in [0, 0.05) is 13.1 Å². The Hall–Kier alpha value is -0.820. The van der Waals surface area contributed by atoms with Gasteiger partial charge in [-0.05, 0) is 41.4 Å². The molecule has 16 heavy (non-hydrogen) atoms. The van der Waals surface area contributed by atoms with Crippen LogP contribution in [0.15, 0.2) is 18.2 Å². The number of benzene rings is 1. The van der Waals surface area contributed by atoms with Crippen LogP contribution in [0.3, 0.4) is 0 Å². The molecule has 2 rings (SSSR count). The van der Waals surface area contributed by atoms with Crippen LogP contribution in [0, 0.1) is 5.41 Å². The highest BCUT2D eigenvalue weighted by Crippen LogP contribution is 2.22. The zero-order valence-electron chi connectivity index (χ0n) is 10.8. The van der Waals surface area contributed by atoms with Gasteiger partial charge < -0.3 is 5.32 Å². The van der Waals surface area contributed by atoms with Gasteiger partial charge in [0.05, 0.1) is 0 Å². The summed E-state index contributed by atoms with van der Waals surface area (Å²) in [6, 6.07) is 6.98. The molecule has 1 aromatic rings. The van der Waals surface area contributed by atoms with Crippen LogP contribution in [-0.2, 0) is 19.4 Å². The molecule has 88 valence electrons. The minimum Gasteiger partial charge on any atom is -0.312 e. The van der Waals surface area contributed by atoms with Crippen molar-refractivity contribution >= 4 is 0 Å². The van der Waals surface area contributed by atoms with E-state index in [-0.39, 0.29) is 0 Å². The molecule has 0 amide bonds. The summed E-state index contributed by atoms with van der Waals surface area (Å²) in [5, 5.41) is 3.53. The molecule has 0 atom stereocenters. The number of aryl methyl sites for hydroxylation is 2. The van der Waals surface area contributed by atoms with Gasteiger partial charge in [-0.15, -0.1) is 0 Å². The molecule has 0 saturated heterocycles. The van der Waals surface area contributed by atoms with E-state index < -0.39 is 0 Å². The fourth-order valence-corrected chi connectivity index (χ4v) is 2.32. The number of fused-ring (bicyclic) bond motifs is 1. The molecule has 1 nitrogen and oxygen atoms in total. The summed E-state index contributed by atoms with van der Waals surface area (Å²) in [5.74, 6) is 0. The third kappa shape index (κ3) is 3.08. The SMILES string of the molecule is CC(C)(C)CNCc1ccc2c(c1)CCC2. The van der Waals surface area contributed by atoms with Crippen molar-refractivity contribution in [1.29, 1.82) is 0 Å². The number of hydrogen-bond donors (Lipinski definition) is 1. The monoisotopic (exact) mass is 217 g/mol. The standard InChI is InChI=1S/C15H23N/c1-15(2,3)11-16-10-12-7-8-13-5-4-6-14(13)9-12/h7-9,16H,4-6,10-11H2,1-3H3. The van der Waals surface area contributed by atoms with E-state index in [0.717, 1.165) is 13.1 Å². The molecule has 1 aliphatic carbocycles. The fraction of sp³-hybridized carbons (Fsp3) is 0.600. The van der Waals surface area contributed by atoms with E-state index in [1.54, 1.807) is 11.1 Å². The van der Waals surface area contributed by atoms with Crippen LogP contribution in [-0.4, -0.2) is 6.54 Å². The third-order valence-electron chi connectivity index (χ3n) is 3.15. The van der Waals surface area contributed by atoms with Gasteiger partial charge >= 0.3 is 0 Å². The molecule has 1 heteroatoms. The Labute approximate surface area is 99.3 Å². The lowest BCUT2D eigenvalue weighted by Crippen LogP contribution is -2.26. The van der Waals surface area contributed by atoms with Crippen LogP contribution in [0.25, 0.3) is 0 Å². The molecule has 1 aromatic carbocycles. The molecular formula is C15H23N. The Kier molecular flexibility index (Phi) is 3.34. The minimum atomic E-state index is 0.372. The van der Waals surface area contributed by atoms with Crippen molar-refractivity contribution < 1.29 is 0 Å². The predicted octanol–water partition coefficient (Wildman–Crippen LogP) is 3.31. The smallest absolute Gasteiger partial charge is 0.0205 e. The summed E-state index contributed by atoms with van der Waals surface area (Å²) in [4.78, 5) is 0. The van der Waals surface area contributed by atoms with Crippen molar-refractivity contribution in [2.75, 3.05) is 6.54 Å². The second-order valence-corrected chi connectivity index (χ2v) is 6.12. The minimum absolute atomic E-state index is 0.372. The summed E-state index contributed by atoms with van der Waals surface area (Å²) >= 11 is 0. The van der Waals surface area contributed by atoms with Crippen molar-refractivity contribution in [1.82, 2.24) is 5.32 Å². The fourth-order valence-electron chi connectivity index (χ4n) is 2.32. The van der Waals surface area contributed by atoms with E-state index in [0.29, 0.717) is 5.41 Å². The van der Waals surface area contributed by atoms with Crippen LogP contribution in [0.4, 0.5) is 0 Å². The van der Waals surface area contributed by atoms with Gasteiger partial charge in [0.2, 0.25) is 0 Å². The molecule has 0 unspecified atom stereocenters. The summed E-state index contributed by atoms with van der Waals surface area (Å²) in [6.07, 6.45) is 3.90. The largest absolute Gasteiger partial charge is 0.312 e. The van der Waals surface area contributed by atoms with Crippen LogP contribution < -0.4 is 5.32 Å². The molecule has 0 heterocycles. The molecule has 1 N–H and O–H groups in total. The average Bonchev–Trinajstić information content (AvgIpc) is 2.62. The molecule has 0 fully saturated rings. The first kappa shape index (κ1) is 11.7. The van der Waals surface area contributed by atoms with Crippen molar-refractivity contribution in [3.63, 3.8) is 0 Å². The predicted molar refractivity (Wildman–Crippen MR) is 69.6 cm³/mol. The number of rotatable bonds is 3. The topological polar surface area (TPSA) is 12.0 Å². The van der Waals surface area contributed by atoms with E-state index in [1.807, 2.05) is 0 Å². The van der Waals surface area contributed by atoms with Crippen LogP contribution in [0.5, 0.6) is 0 Å². The number of nitrogens with one attached hydrogen (secondary N) is 1. The van der Waals surface area contributed by atoms with Crippen molar-refractivity contribution in [3.8, 4) is 0 Å². The van der Waals surface area contributed by atoms with Crippen LogP contribution >= 0.6 is 0 Å². The molecule has 0 spiro atoms. The van der Waals surface area contributed by atoms with Gasteiger partial charge in [0.15, 0.2) is 0 Å². The maximum atomic E-state index is 3.53. The normalized spacial score (nSPS) is 15.2. The van der Waals surface area contributed by atoms with E-state index >= 15 is 0 Å². The molecule has 0 radical (unpaired) electrons. The Bertz CT molecular complexity index is 360. The van der Waals surface area contributed by atoms with Gasteiger partial charge in [-0.2, -0.15) is 0 Å². The molecule has 0 aromatic heterocycles. The van der Waals surface area contributed by atoms with Gasteiger partial charge in [0.1, 0.15) is 0 Å². The third-order valence-corrected chi connectivity index (χ3v) is 3.15. The van der Waals surface area contributed by atoms with Gasteiger partial charge in [-0.3, -0.25) is 0 Å². The Morgan fingerprint density at radius 1 is 1.12 bits per heavy atom. The Balaban J connectivity index is 1.91. The molecule has 0 bridgehead atoms. The lowest BCUT2D eigenvalue weighted by Gasteiger charge is -2.19. The molecule has 0 saturated carbocycles.